The molecule has 0 radical (unpaired) electrons. The molecule has 0 fully saturated rings. The fourth-order valence-corrected chi connectivity index (χ4v) is 2.28. The van der Waals surface area contributed by atoms with Gasteiger partial charge in [-0.1, -0.05) is 0 Å². The fourth-order valence-electron chi connectivity index (χ4n) is 2.28. The summed E-state index contributed by atoms with van der Waals surface area (Å²) in [5.74, 6) is -6.58. The molecule has 0 bridgehead atoms. The molecule has 0 aliphatic heterocycles. The van der Waals surface area contributed by atoms with Crippen LogP contribution in [0.4, 0.5) is 0 Å². The van der Waals surface area contributed by atoms with Crippen molar-refractivity contribution in [3.63, 3.8) is 0 Å². The third-order valence-electron chi connectivity index (χ3n) is 3.08. The van der Waals surface area contributed by atoms with Crippen LogP contribution in [0.1, 0.15) is 25.7 Å². The highest BCUT2D eigenvalue weighted by Gasteiger charge is 2.44. The van der Waals surface area contributed by atoms with Crippen molar-refractivity contribution in [1.82, 2.24) is 6.15 Å². The third kappa shape index (κ3) is 7.22. The molecule has 0 aliphatic carbocycles. The zero-order chi connectivity index (χ0) is 15.9. The molecule has 10 heteroatoms. The Morgan fingerprint density at radius 1 is 0.810 bits per heavy atom. The third-order valence-corrected chi connectivity index (χ3v) is 3.08. The number of nitrogens with two attached hydrogens (primary N) is 1. The molecule has 0 aliphatic rings. The van der Waals surface area contributed by atoms with Crippen LogP contribution in [0.5, 0.6) is 0 Å². The molecular formula is C11H20N2O8. The Balaban J connectivity index is 0. The Hall–Kier alpha value is -2.20. The van der Waals surface area contributed by atoms with Gasteiger partial charge in [0, 0.05) is 11.8 Å². The highest BCUT2D eigenvalue weighted by Crippen LogP contribution is 2.41. The molecule has 0 rings (SSSR count). The van der Waals surface area contributed by atoms with Crippen LogP contribution in [0.3, 0.4) is 0 Å². The first-order valence-electron chi connectivity index (χ1n) is 5.70. The first-order chi connectivity index (χ1) is 9.12. The van der Waals surface area contributed by atoms with Gasteiger partial charge in [-0.15, -0.1) is 0 Å². The van der Waals surface area contributed by atoms with Gasteiger partial charge in [0.1, 0.15) is 0 Å². The second kappa shape index (κ2) is 8.87. The summed E-state index contributed by atoms with van der Waals surface area (Å²) >= 11 is 0. The lowest BCUT2D eigenvalue weighted by atomic mass is 9.67. The Morgan fingerprint density at radius 2 is 1.14 bits per heavy atom. The van der Waals surface area contributed by atoms with E-state index in [1.165, 1.54) is 0 Å². The minimum Gasteiger partial charge on any atom is -0.481 e. The lowest BCUT2D eigenvalue weighted by Crippen LogP contribution is -2.42. The van der Waals surface area contributed by atoms with Gasteiger partial charge in [-0.05, 0) is 12.5 Å². The van der Waals surface area contributed by atoms with Gasteiger partial charge < -0.3 is 32.3 Å². The smallest absolute Gasteiger partial charge is 0.303 e. The quantitative estimate of drug-likeness (QED) is 0.307. The van der Waals surface area contributed by atoms with Crippen molar-refractivity contribution >= 4 is 23.9 Å². The molecule has 0 aromatic carbocycles. The van der Waals surface area contributed by atoms with Gasteiger partial charge in [-0.2, -0.15) is 0 Å². The van der Waals surface area contributed by atoms with Gasteiger partial charge in [0.2, 0.25) is 0 Å². The van der Waals surface area contributed by atoms with Crippen LogP contribution in [0.15, 0.2) is 0 Å². The Kier molecular flexibility index (Phi) is 8.91. The van der Waals surface area contributed by atoms with E-state index in [9.17, 15) is 19.2 Å². The van der Waals surface area contributed by atoms with E-state index in [1.54, 1.807) is 0 Å². The SMILES string of the molecule is N.NCC(CC(=O)O)C(CC(=O)O)(CC(=O)O)CC(=O)O. The zero-order valence-electron chi connectivity index (χ0n) is 11.3. The minimum absolute atomic E-state index is 0. The van der Waals surface area contributed by atoms with Gasteiger partial charge >= 0.3 is 23.9 Å². The monoisotopic (exact) mass is 308 g/mol. The van der Waals surface area contributed by atoms with Crippen molar-refractivity contribution in [3.05, 3.63) is 0 Å². The summed E-state index contributed by atoms with van der Waals surface area (Å²) in [6.45, 7) is -0.319. The van der Waals surface area contributed by atoms with Gasteiger partial charge in [0.05, 0.1) is 19.3 Å². The summed E-state index contributed by atoms with van der Waals surface area (Å²) in [6.07, 6.45) is -2.92. The van der Waals surface area contributed by atoms with Crippen molar-refractivity contribution in [1.29, 1.82) is 0 Å². The number of rotatable bonds is 10. The molecule has 0 aromatic heterocycles. The molecule has 122 valence electrons. The van der Waals surface area contributed by atoms with Crippen LogP contribution in [-0.4, -0.2) is 50.8 Å². The molecule has 0 saturated carbocycles. The number of aliphatic carboxylic acids is 4. The molecule has 0 spiro atoms. The van der Waals surface area contributed by atoms with Gasteiger partial charge in [0.15, 0.2) is 0 Å². The van der Waals surface area contributed by atoms with E-state index in [0.29, 0.717) is 0 Å². The normalized spacial score (nSPS) is 12.0. The minimum atomic E-state index is -1.74. The van der Waals surface area contributed by atoms with Crippen molar-refractivity contribution in [2.75, 3.05) is 6.54 Å². The van der Waals surface area contributed by atoms with E-state index < -0.39 is 60.9 Å². The van der Waals surface area contributed by atoms with E-state index in [1.807, 2.05) is 0 Å². The Morgan fingerprint density at radius 3 is 1.33 bits per heavy atom. The number of hydrogen-bond acceptors (Lipinski definition) is 6. The van der Waals surface area contributed by atoms with E-state index >= 15 is 0 Å². The number of hydrogen-bond donors (Lipinski definition) is 6. The van der Waals surface area contributed by atoms with Crippen LogP contribution in [-0.2, 0) is 19.2 Å². The van der Waals surface area contributed by atoms with Crippen LogP contribution in [0.2, 0.25) is 0 Å². The molecule has 10 nitrogen and oxygen atoms in total. The molecule has 1 unspecified atom stereocenters. The average molecular weight is 308 g/mol. The summed E-state index contributed by atoms with van der Waals surface area (Å²) in [7, 11) is 0. The molecule has 0 amide bonds. The number of carbonyl (C=O) groups is 4. The van der Waals surface area contributed by atoms with Crippen LogP contribution in [0, 0.1) is 11.3 Å². The van der Waals surface area contributed by atoms with Gasteiger partial charge in [0.25, 0.3) is 0 Å². The summed E-state index contributed by atoms with van der Waals surface area (Å²) in [5.41, 5.74) is 3.65. The van der Waals surface area contributed by atoms with Crippen molar-refractivity contribution in [2.45, 2.75) is 25.7 Å². The molecule has 0 aromatic rings. The zero-order valence-corrected chi connectivity index (χ0v) is 11.3. The summed E-state index contributed by atoms with van der Waals surface area (Å²) in [6, 6.07) is 0. The van der Waals surface area contributed by atoms with E-state index in [0.717, 1.165) is 0 Å². The molecule has 9 N–H and O–H groups in total. The number of carboxylic acid groups (broad SMARTS) is 4. The molecular weight excluding hydrogens is 288 g/mol. The standard InChI is InChI=1S/C11H17NO8.H3N/c12-5-6(1-7(13)14)11(2-8(15)16,3-9(17)18)4-10(19)20;/h6H,1-5,12H2,(H,13,14)(H,15,16)(H,17,18)(H,19,20);1H3. The maximum atomic E-state index is 10.9. The van der Waals surface area contributed by atoms with E-state index in [2.05, 4.69) is 0 Å². The van der Waals surface area contributed by atoms with Crippen LogP contribution in [0.25, 0.3) is 0 Å². The predicted molar refractivity (Wildman–Crippen MR) is 69.0 cm³/mol. The Labute approximate surface area is 120 Å². The van der Waals surface area contributed by atoms with Crippen LogP contribution < -0.4 is 11.9 Å². The van der Waals surface area contributed by atoms with Gasteiger partial charge in [-0.25, -0.2) is 0 Å². The second-order valence-electron chi connectivity index (χ2n) is 4.60. The fraction of sp³-hybridized carbons (Fsp3) is 0.636. The summed E-state index contributed by atoms with van der Waals surface area (Å²) in [4.78, 5) is 43.5. The van der Waals surface area contributed by atoms with Crippen molar-refractivity contribution < 1.29 is 39.6 Å². The van der Waals surface area contributed by atoms with Gasteiger partial charge in [-0.3, -0.25) is 19.2 Å². The first kappa shape index (κ1) is 21.1. The molecule has 1 atom stereocenters. The highest BCUT2D eigenvalue weighted by molar-refractivity contribution is 5.76. The second-order valence-corrected chi connectivity index (χ2v) is 4.60. The van der Waals surface area contributed by atoms with Crippen molar-refractivity contribution in [2.24, 2.45) is 17.1 Å². The van der Waals surface area contributed by atoms with Crippen molar-refractivity contribution in [3.8, 4) is 0 Å². The lowest BCUT2D eigenvalue weighted by Gasteiger charge is -2.36. The maximum absolute atomic E-state index is 10.9. The topological polar surface area (TPSA) is 210 Å². The lowest BCUT2D eigenvalue weighted by molar-refractivity contribution is -0.153. The Bertz CT molecular complexity index is 368. The average Bonchev–Trinajstić information content (AvgIpc) is 2.21. The summed E-state index contributed by atoms with van der Waals surface area (Å²) < 4.78 is 0. The highest BCUT2D eigenvalue weighted by atomic mass is 16.4. The first-order valence-corrected chi connectivity index (χ1v) is 5.70. The number of carboxylic acids is 4. The maximum Gasteiger partial charge on any atom is 0.303 e. The van der Waals surface area contributed by atoms with Crippen LogP contribution >= 0.6 is 0 Å². The summed E-state index contributed by atoms with van der Waals surface area (Å²) in [5, 5.41) is 35.4. The molecule has 21 heavy (non-hydrogen) atoms. The van der Waals surface area contributed by atoms with E-state index in [4.69, 9.17) is 26.2 Å². The van der Waals surface area contributed by atoms with E-state index in [-0.39, 0.29) is 12.7 Å². The largest absolute Gasteiger partial charge is 0.481 e. The molecule has 0 saturated heterocycles. The molecule has 0 heterocycles. The predicted octanol–water partition coefficient (Wildman–Crippen LogP) is -0.392.